The van der Waals surface area contributed by atoms with Crippen molar-refractivity contribution in [1.82, 2.24) is 14.8 Å². The largest absolute Gasteiger partial charge is 0.399 e. The van der Waals surface area contributed by atoms with E-state index in [1.54, 1.807) is 0 Å². The summed E-state index contributed by atoms with van der Waals surface area (Å²) in [6, 6.07) is 7.71. The Hall–Kier alpha value is -1.84. The van der Waals surface area contributed by atoms with E-state index in [0.29, 0.717) is 0 Å². The number of nitrogens with zero attached hydrogens (tertiary/aromatic N) is 3. The molecule has 0 fully saturated rings. The van der Waals surface area contributed by atoms with Gasteiger partial charge in [0.2, 0.25) is 0 Å². The Bertz CT molecular complexity index is 475. The van der Waals surface area contributed by atoms with Gasteiger partial charge in [-0.2, -0.15) is 5.10 Å². The molecule has 0 radical (unpaired) electrons. The summed E-state index contributed by atoms with van der Waals surface area (Å²) in [5.74, 6) is 1.93. The van der Waals surface area contributed by atoms with Crippen molar-refractivity contribution in [1.29, 1.82) is 0 Å². The molecule has 3 rings (SSSR count). The SMILES string of the molecule is Nc1ccc(-c2nc3n(n2)CCCC3)cc1. The molecule has 0 bridgehead atoms. The van der Waals surface area contributed by atoms with E-state index in [9.17, 15) is 0 Å². The van der Waals surface area contributed by atoms with Crippen LogP contribution in [0.1, 0.15) is 18.7 Å². The highest BCUT2D eigenvalue weighted by Crippen LogP contribution is 2.20. The topological polar surface area (TPSA) is 56.7 Å². The van der Waals surface area contributed by atoms with Crippen LogP contribution < -0.4 is 5.73 Å². The van der Waals surface area contributed by atoms with E-state index in [2.05, 4.69) is 10.1 Å². The van der Waals surface area contributed by atoms with Gasteiger partial charge in [-0.05, 0) is 37.1 Å². The molecule has 2 heterocycles. The van der Waals surface area contributed by atoms with Crippen molar-refractivity contribution in [3.63, 3.8) is 0 Å². The maximum atomic E-state index is 5.66. The van der Waals surface area contributed by atoms with E-state index in [-0.39, 0.29) is 0 Å². The first-order valence-corrected chi connectivity index (χ1v) is 5.62. The third kappa shape index (κ3) is 1.56. The number of aryl methyl sites for hydroxylation is 2. The second-order valence-electron chi connectivity index (χ2n) is 4.15. The monoisotopic (exact) mass is 214 g/mol. The second-order valence-corrected chi connectivity index (χ2v) is 4.15. The molecule has 0 saturated heterocycles. The van der Waals surface area contributed by atoms with Gasteiger partial charge < -0.3 is 5.73 Å². The van der Waals surface area contributed by atoms with E-state index in [1.807, 2.05) is 28.9 Å². The Morgan fingerprint density at radius 2 is 1.94 bits per heavy atom. The van der Waals surface area contributed by atoms with Crippen molar-refractivity contribution in [2.45, 2.75) is 25.8 Å². The third-order valence-corrected chi connectivity index (χ3v) is 2.94. The normalized spacial score (nSPS) is 14.8. The van der Waals surface area contributed by atoms with Gasteiger partial charge in [-0.15, -0.1) is 0 Å². The minimum Gasteiger partial charge on any atom is -0.399 e. The Morgan fingerprint density at radius 3 is 2.69 bits per heavy atom. The van der Waals surface area contributed by atoms with Crippen molar-refractivity contribution in [3.05, 3.63) is 30.1 Å². The average molecular weight is 214 g/mol. The number of hydrogen-bond donors (Lipinski definition) is 1. The van der Waals surface area contributed by atoms with E-state index < -0.39 is 0 Å². The van der Waals surface area contributed by atoms with Gasteiger partial charge in [-0.1, -0.05) is 0 Å². The summed E-state index contributed by atoms with van der Waals surface area (Å²) in [7, 11) is 0. The van der Waals surface area contributed by atoms with Gasteiger partial charge in [0.25, 0.3) is 0 Å². The first-order chi connectivity index (χ1) is 7.83. The van der Waals surface area contributed by atoms with Gasteiger partial charge >= 0.3 is 0 Å². The first kappa shape index (κ1) is 9.39. The fourth-order valence-electron chi connectivity index (χ4n) is 2.04. The number of fused-ring (bicyclic) bond motifs is 1. The lowest BCUT2D eigenvalue weighted by molar-refractivity contribution is 0.480. The van der Waals surface area contributed by atoms with Crippen LogP contribution in [-0.2, 0) is 13.0 Å². The molecule has 0 spiro atoms. The molecule has 1 aliphatic rings. The summed E-state index contributed by atoms with van der Waals surface area (Å²) < 4.78 is 2.02. The lowest BCUT2D eigenvalue weighted by atomic mass is 10.2. The molecule has 0 atom stereocenters. The van der Waals surface area contributed by atoms with Crippen LogP contribution >= 0.6 is 0 Å². The van der Waals surface area contributed by atoms with Gasteiger partial charge in [0.1, 0.15) is 5.82 Å². The lowest BCUT2D eigenvalue weighted by Crippen LogP contribution is -2.11. The van der Waals surface area contributed by atoms with Gasteiger partial charge in [0.15, 0.2) is 5.82 Å². The van der Waals surface area contributed by atoms with Gasteiger partial charge in [0, 0.05) is 24.2 Å². The Balaban J connectivity index is 2.00. The van der Waals surface area contributed by atoms with Crippen LogP contribution in [-0.4, -0.2) is 14.8 Å². The second kappa shape index (κ2) is 3.63. The zero-order valence-corrected chi connectivity index (χ0v) is 9.06. The predicted molar refractivity (Wildman–Crippen MR) is 62.8 cm³/mol. The molecular weight excluding hydrogens is 200 g/mol. The predicted octanol–water partition coefficient (Wildman–Crippen LogP) is 1.86. The Labute approximate surface area is 94.1 Å². The summed E-state index contributed by atoms with van der Waals surface area (Å²) >= 11 is 0. The smallest absolute Gasteiger partial charge is 0.181 e. The highest BCUT2D eigenvalue weighted by atomic mass is 15.3. The standard InChI is InChI=1S/C12H14N4/c13-10-6-4-9(5-7-10)12-14-11-3-1-2-8-16(11)15-12/h4-7H,1-3,8,13H2. The maximum absolute atomic E-state index is 5.66. The van der Waals surface area contributed by atoms with Crippen LogP contribution in [0.5, 0.6) is 0 Å². The molecule has 4 nitrogen and oxygen atoms in total. The summed E-state index contributed by atoms with van der Waals surface area (Å²) in [5.41, 5.74) is 7.47. The molecular formula is C12H14N4. The van der Waals surface area contributed by atoms with Crippen LogP contribution in [0.3, 0.4) is 0 Å². The quantitative estimate of drug-likeness (QED) is 0.737. The minimum atomic E-state index is 0.771. The first-order valence-electron chi connectivity index (χ1n) is 5.62. The van der Waals surface area contributed by atoms with Gasteiger partial charge in [-0.25, -0.2) is 9.67 Å². The molecule has 0 amide bonds. The lowest BCUT2D eigenvalue weighted by Gasteiger charge is -2.09. The van der Waals surface area contributed by atoms with Crippen LogP contribution in [0.25, 0.3) is 11.4 Å². The highest BCUT2D eigenvalue weighted by molar-refractivity contribution is 5.58. The highest BCUT2D eigenvalue weighted by Gasteiger charge is 2.14. The van der Waals surface area contributed by atoms with Crippen LogP contribution in [0, 0.1) is 0 Å². The molecule has 82 valence electrons. The summed E-state index contributed by atoms with van der Waals surface area (Å²) in [4.78, 5) is 4.56. The zero-order chi connectivity index (χ0) is 11.0. The summed E-state index contributed by atoms with van der Waals surface area (Å²) in [6.45, 7) is 0.997. The Morgan fingerprint density at radius 1 is 1.12 bits per heavy atom. The molecule has 16 heavy (non-hydrogen) atoms. The molecule has 1 aromatic carbocycles. The van der Waals surface area contributed by atoms with E-state index in [4.69, 9.17) is 5.73 Å². The number of rotatable bonds is 1. The molecule has 2 N–H and O–H groups in total. The number of nitrogen functional groups attached to an aromatic ring is 1. The number of benzene rings is 1. The summed E-state index contributed by atoms with van der Waals surface area (Å²) in [5, 5.41) is 4.52. The Kier molecular flexibility index (Phi) is 2.13. The van der Waals surface area contributed by atoms with Gasteiger partial charge in [-0.3, -0.25) is 0 Å². The van der Waals surface area contributed by atoms with Crippen molar-refractivity contribution in [3.8, 4) is 11.4 Å². The fourth-order valence-corrected chi connectivity index (χ4v) is 2.04. The van der Waals surface area contributed by atoms with Crippen LogP contribution in [0.2, 0.25) is 0 Å². The van der Waals surface area contributed by atoms with Crippen molar-refractivity contribution in [2.24, 2.45) is 0 Å². The maximum Gasteiger partial charge on any atom is 0.181 e. The van der Waals surface area contributed by atoms with Crippen LogP contribution in [0.4, 0.5) is 5.69 Å². The molecule has 1 aliphatic heterocycles. The molecule has 4 heteroatoms. The third-order valence-electron chi connectivity index (χ3n) is 2.94. The average Bonchev–Trinajstić information content (AvgIpc) is 2.73. The molecule has 1 aromatic heterocycles. The van der Waals surface area contributed by atoms with Crippen LogP contribution in [0.15, 0.2) is 24.3 Å². The van der Waals surface area contributed by atoms with E-state index in [0.717, 1.165) is 35.9 Å². The minimum absolute atomic E-state index is 0.771. The number of aromatic nitrogens is 3. The molecule has 0 saturated carbocycles. The summed E-state index contributed by atoms with van der Waals surface area (Å²) in [6.07, 6.45) is 3.47. The molecule has 0 aliphatic carbocycles. The van der Waals surface area contributed by atoms with E-state index in [1.165, 1.54) is 12.8 Å². The zero-order valence-electron chi connectivity index (χ0n) is 9.06. The van der Waals surface area contributed by atoms with E-state index >= 15 is 0 Å². The molecule has 0 unspecified atom stereocenters. The van der Waals surface area contributed by atoms with Crippen molar-refractivity contribution >= 4 is 5.69 Å². The fraction of sp³-hybridized carbons (Fsp3) is 0.333. The van der Waals surface area contributed by atoms with Crippen molar-refractivity contribution < 1.29 is 0 Å². The molecule has 2 aromatic rings. The number of nitrogens with two attached hydrogens (primary N) is 1. The number of anilines is 1. The van der Waals surface area contributed by atoms with Gasteiger partial charge in [0.05, 0.1) is 0 Å². The number of hydrogen-bond acceptors (Lipinski definition) is 3. The van der Waals surface area contributed by atoms with Crippen molar-refractivity contribution in [2.75, 3.05) is 5.73 Å².